The van der Waals surface area contributed by atoms with Crippen molar-refractivity contribution in [3.8, 4) is 0 Å². The molecule has 6 nitrogen and oxygen atoms in total. The lowest BCUT2D eigenvalue weighted by Gasteiger charge is -2.16. The van der Waals surface area contributed by atoms with Crippen molar-refractivity contribution >= 4 is 11.9 Å². The highest BCUT2D eigenvalue weighted by molar-refractivity contribution is 6.01. The van der Waals surface area contributed by atoms with E-state index in [1.807, 2.05) is 0 Å². The van der Waals surface area contributed by atoms with Crippen molar-refractivity contribution in [2.24, 2.45) is 0 Å². The van der Waals surface area contributed by atoms with Crippen LogP contribution < -0.4 is 5.32 Å². The predicted octanol–water partition coefficient (Wildman–Crippen LogP) is -1.11. The number of aliphatic hydroxyl groups excluding tert-OH is 1. The summed E-state index contributed by atoms with van der Waals surface area (Å²) in [5, 5.41) is 11.5. The number of nitrogens with one attached hydrogen (secondary N) is 1. The van der Waals surface area contributed by atoms with Crippen molar-refractivity contribution in [2.45, 2.75) is 13.2 Å². The minimum Gasteiger partial charge on any atom is -0.366 e. The van der Waals surface area contributed by atoms with E-state index in [-0.39, 0.29) is 19.0 Å². The Kier molecular flexibility index (Phi) is 3.21. The number of hydrogen-bond donors (Lipinski definition) is 2. The SMILES string of the molecule is CCOC(O)CN1C(=O)CNC1=O. The molecule has 0 aromatic carbocycles. The van der Waals surface area contributed by atoms with Gasteiger partial charge in [-0.15, -0.1) is 0 Å². The summed E-state index contributed by atoms with van der Waals surface area (Å²) in [4.78, 5) is 22.9. The number of nitrogens with zero attached hydrogens (tertiary/aromatic N) is 1. The van der Waals surface area contributed by atoms with Crippen LogP contribution in [0.5, 0.6) is 0 Å². The summed E-state index contributed by atoms with van der Waals surface area (Å²) in [6.07, 6.45) is -1.10. The molecule has 0 bridgehead atoms. The van der Waals surface area contributed by atoms with Gasteiger partial charge < -0.3 is 15.2 Å². The zero-order valence-corrected chi connectivity index (χ0v) is 7.32. The monoisotopic (exact) mass is 188 g/mol. The van der Waals surface area contributed by atoms with Gasteiger partial charge in [0.05, 0.1) is 13.1 Å². The first-order chi connectivity index (χ1) is 6.15. The Morgan fingerprint density at radius 3 is 2.85 bits per heavy atom. The molecule has 1 rings (SSSR count). The van der Waals surface area contributed by atoms with Crippen LogP contribution in [-0.4, -0.2) is 47.9 Å². The molecule has 1 heterocycles. The first-order valence-corrected chi connectivity index (χ1v) is 4.03. The van der Waals surface area contributed by atoms with E-state index in [0.717, 1.165) is 4.90 Å². The Bertz CT molecular complexity index is 203. The van der Waals surface area contributed by atoms with Gasteiger partial charge in [-0.2, -0.15) is 0 Å². The van der Waals surface area contributed by atoms with Crippen molar-refractivity contribution in [1.82, 2.24) is 10.2 Å². The van der Waals surface area contributed by atoms with E-state index in [9.17, 15) is 9.59 Å². The molecule has 1 atom stereocenters. The first kappa shape index (κ1) is 9.94. The van der Waals surface area contributed by atoms with E-state index in [4.69, 9.17) is 9.84 Å². The Hall–Kier alpha value is -1.14. The van der Waals surface area contributed by atoms with Crippen LogP contribution in [-0.2, 0) is 9.53 Å². The zero-order chi connectivity index (χ0) is 9.84. The molecule has 0 aromatic heterocycles. The number of aliphatic hydroxyl groups is 1. The lowest BCUT2D eigenvalue weighted by molar-refractivity contribution is -0.135. The van der Waals surface area contributed by atoms with E-state index < -0.39 is 12.3 Å². The Morgan fingerprint density at radius 1 is 1.69 bits per heavy atom. The van der Waals surface area contributed by atoms with Crippen LogP contribution in [0.1, 0.15) is 6.92 Å². The lowest BCUT2D eigenvalue weighted by Crippen LogP contribution is -2.38. The standard InChI is InChI=1S/C7H12N2O4/c1-2-13-6(11)4-9-5(10)3-8-7(9)12/h6,11H,2-4H2,1H3,(H,8,12). The molecule has 1 aliphatic heterocycles. The van der Waals surface area contributed by atoms with Crippen molar-refractivity contribution in [3.63, 3.8) is 0 Å². The number of hydrogen-bond acceptors (Lipinski definition) is 4. The van der Waals surface area contributed by atoms with Crippen molar-refractivity contribution < 1.29 is 19.4 Å². The molecule has 0 spiro atoms. The van der Waals surface area contributed by atoms with Gasteiger partial charge in [0.25, 0.3) is 0 Å². The number of ether oxygens (including phenoxy) is 1. The molecule has 13 heavy (non-hydrogen) atoms. The zero-order valence-electron chi connectivity index (χ0n) is 7.32. The fourth-order valence-electron chi connectivity index (χ4n) is 1.04. The molecule has 6 heteroatoms. The number of β-amino-alcohol motifs (C(OH)–C–C–N with tert-alkyl or cyclic N) is 1. The second-order valence-electron chi connectivity index (χ2n) is 2.57. The third-order valence-electron chi connectivity index (χ3n) is 1.63. The Balaban J connectivity index is 2.43. The third-order valence-corrected chi connectivity index (χ3v) is 1.63. The third kappa shape index (κ3) is 2.40. The minimum atomic E-state index is -1.10. The molecule has 3 amide bonds. The molecule has 74 valence electrons. The second kappa shape index (κ2) is 4.20. The molecule has 0 saturated carbocycles. The summed E-state index contributed by atoms with van der Waals surface area (Å²) >= 11 is 0. The molecule has 1 aliphatic rings. The van der Waals surface area contributed by atoms with Crippen LogP contribution in [0.3, 0.4) is 0 Å². The van der Waals surface area contributed by atoms with E-state index in [0.29, 0.717) is 6.61 Å². The van der Waals surface area contributed by atoms with Gasteiger partial charge in [0.15, 0.2) is 6.29 Å². The molecule has 1 fully saturated rings. The molecule has 0 aromatic rings. The molecular weight excluding hydrogens is 176 g/mol. The van der Waals surface area contributed by atoms with Gasteiger partial charge in [0.1, 0.15) is 0 Å². The van der Waals surface area contributed by atoms with E-state index in [2.05, 4.69) is 5.32 Å². The van der Waals surface area contributed by atoms with Gasteiger partial charge in [-0.05, 0) is 6.92 Å². The maximum atomic E-state index is 11.0. The van der Waals surface area contributed by atoms with Crippen LogP contribution >= 0.6 is 0 Å². The average Bonchev–Trinajstić information content (AvgIpc) is 2.36. The van der Waals surface area contributed by atoms with Crippen LogP contribution in [0.4, 0.5) is 4.79 Å². The number of carbonyl (C=O) groups is 2. The van der Waals surface area contributed by atoms with Crippen LogP contribution in [0.25, 0.3) is 0 Å². The van der Waals surface area contributed by atoms with Crippen molar-refractivity contribution in [1.29, 1.82) is 0 Å². The van der Waals surface area contributed by atoms with E-state index in [1.54, 1.807) is 6.92 Å². The van der Waals surface area contributed by atoms with E-state index in [1.165, 1.54) is 0 Å². The number of urea groups is 1. The second-order valence-corrected chi connectivity index (χ2v) is 2.57. The van der Waals surface area contributed by atoms with Crippen LogP contribution in [0, 0.1) is 0 Å². The molecule has 0 radical (unpaired) electrons. The van der Waals surface area contributed by atoms with Crippen molar-refractivity contribution in [3.05, 3.63) is 0 Å². The molecule has 1 unspecified atom stereocenters. The normalized spacial score (nSPS) is 19.1. The molecular formula is C7H12N2O4. The number of carbonyl (C=O) groups excluding carboxylic acids is 2. The minimum absolute atomic E-state index is 0.00230. The van der Waals surface area contributed by atoms with Gasteiger partial charge >= 0.3 is 6.03 Å². The molecule has 0 aliphatic carbocycles. The van der Waals surface area contributed by atoms with Gasteiger partial charge in [0, 0.05) is 6.61 Å². The lowest BCUT2D eigenvalue weighted by atomic mass is 10.5. The average molecular weight is 188 g/mol. The summed E-state index contributed by atoms with van der Waals surface area (Å²) in [7, 11) is 0. The fraction of sp³-hybridized carbons (Fsp3) is 0.714. The van der Waals surface area contributed by atoms with Gasteiger partial charge in [-0.3, -0.25) is 9.69 Å². The smallest absolute Gasteiger partial charge is 0.324 e. The largest absolute Gasteiger partial charge is 0.366 e. The summed E-state index contributed by atoms with van der Waals surface area (Å²) in [6.45, 7) is 1.94. The maximum absolute atomic E-state index is 11.0. The summed E-state index contributed by atoms with van der Waals surface area (Å²) < 4.78 is 4.78. The quantitative estimate of drug-likeness (QED) is 0.433. The van der Waals surface area contributed by atoms with Crippen molar-refractivity contribution in [2.75, 3.05) is 19.7 Å². The molecule has 1 saturated heterocycles. The number of imide groups is 1. The van der Waals surface area contributed by atoms with Gasteiger partial charge in [0.2, 0.25) is 5.91 Å². The Morgan fingerprint density at radius 2 is 2.38 bits per heavy atom. The van der Waals surface area contributed by atoms with Gasteiger partial charge in [-0.1, -0.05) is 0 Å². The first-order valence-electron chi connectivity index (χ1n) is 4.03. The number of amides is 3. The fourth-order valence-corrected chi connectivity index (χ4v) is 1.04. The summed E-state index contributed by atoms with van der Waals surface area (Å²) in [5.41, 5.74) is 0. The highest BCUT2D eigenvalue weighted by Crippen LogP contribution is 2.01. The van der Waals surface area contributed by atoms with Crippen LogP contribution in [0.15, 0.2) is 0 Å². The maximum Gasteiger partial charge on any atom is 0.324 e. The topological polar surface area (TPSA) is 78.9 Å². The van der Waals surface area contributed by atoms with E-state index >= 15 is 0 Å². The van der Waals surface area contributed by atoms with Crippen LogP contribution in [0.2, 0.25) is 0 Å². The highest BCUT2D eigenvalue weighted by atomic mass is 16.6. The Labute approximate surface area is 75.5 Å². The van der Waals surface area contributed by atoms with Gasteiger partial charge in [-0.25, -0.2) is 4.79 Å². The number of rotatable bonds is 4. The summed E-state index contributed by atoms with van der Waals surface area (Å²) in [6, 6.07) is -0.483. The summed E-state index contributed by atoms with van der Waals surface area (Å²) in [5.74, 6) is -0.344. The predicted molar refractivity (Wildman–Crippen MR) is 42.7 cm³/mol. The molecule has 2 N–H and O–H groups in total. The highest BCUT2D eigenvalue weighted by Gasteiger charge is 2.30.